The first kappa shape index (κ1) is 20.5. The molecule has 0 aromatic heterocycles. The third kappa shape index (κ3) is 5.43. The van der Waals surface area contributed by atoms with Crippen molar-refractivity contribution < 1.29 is 4.74 Å². The molecule has 1 aliphatic rings. The van der Waals surface area contributed by atoms with Crippen LogP contribution in [0.15, 0.2) is 84.9 Å². The second kappa shape index (κ2) is 10.3. The molecule has 1 heterocycles. The van der Waals surface area contributed by atoms with Gasteiger partial charge in [0, 0.05) is 37.9 Å². The van der Waals surface area contributed by atoms with Crippen LogP contribution in [-0.2, 0) is 13.2 Å². The van der Waals surface area contributed by atoms with Crippen molar-refractivity contribution in [1.82, 2.24) is 4.90 Å². The van der Waals surface area contributed by atoms with Crippen molar-refractivity contribution in [2.45, 2.75) is 39.0 Å². The van der Waals surface area contributed by atoms with Crippen LogP contribution in [0.1, 0.15) is 30.9 Å². The lowest BCUT2D eigenvalue weighted by Crippen LogP contribution is -2.44. The van der Waals surface area contributed by atoms with Crippen molar-refractivity contribution in [2.75, 3.05) is 24.5 Å². The summed E-state index contributed by atoms with van der Waals surface area (Å²) in [5, 5.41) is 0. The minimum Gasteiger partial charge on any atom is -0.489 e. The molecule has 0 aliphatic carbocycles. The highest BCUT2D eigenvalue weighted by molar-refractivity contribution is 5.50. The Kier molecular flexibility index (Phi) is 7.04. The van der Waals surface area contributed by atoms with Crippen LogP contribution < -0.4 is 9.64 Å². The van der Waals surface area contributed by atoms with E-state index in [0.29, 0.717) is 12.6 Å². The number of ether oxygens (including phenoxy) is 1. The van der Waals surface area contributed by atoms with Crippen molar-refractivity contribution in [3.8, 4) is 5.75 Å². The van der Waals surface area contributed by atoms with Crippen LogP contribution in [0.4, 0.5) is 5.69 Å². The summed E-state index contributed by atoms with van der Waals surface area (Å²) >= 11 is 0. The second-order valence-electron chi connectivity index (χ2n) is 8.05. The summed E-state index contributed by atoms with van der Waals surface area (Å²) in [6, 6.07) is 30.4. The number of hydrogen-bond acceptors (Lipinski definition) is 3. The summed E-state index contributed by atoms with van der Waals surface area (Å²) < 4.78 is 5.95. The van der Waals surface area contributed by atoms with E-state index in [9.17, 15) is 0 Å². The molecular weight excluding hydrogens is 368 g/mol. The van der Waals surface area contributed by atoms with Crippen molar-refractivity contribution in [3.05, 3.63) is 96.1 Å². The standard InChI is InChI=1S/C27H32N2O/c1-2-29(26-17-19-28(20-18-26)21-23-9-5-3-6-10-23)25-13-15-27(16-14-25)30-22-24-11-7-4-8-12-24/h3-16,26H,2,17-22H2,1H3. The molecule has 0 spiro atoms. The third-order valence-corrected chi connectivity index (χ3v) is 6.00. The molecular formula is C27H32N2O. The Morgan fingerprint density at radius 2 is 1.40 bits per heavy atom. The zero-order valence-corrected chi connectivity index (χ0v) is 17.9. The Morgan fingerprint density at radius 3 is 2.00 bits per heavy atom. The lowest BCUT2D eigenvalue weighted by molar-refractivity contribution is 0.202. The zero-order valence-electron chi connectivity index (χ0n) is 17.9. The number of nitrogens with zero attached hydrogens (tertiary/aromatic N) is 2. The summed E-state index contributed by atoms with van der Waals surface area (Å²) in [4.78, 5) is 5.14. The number of likely N-dealkylation sites (tertiary alicyclic amines) is 1. The number of anilines is 1. The maximum atomic E-state index is 5.95. The van der Waals surface area contributed by atoms with Crippen LogP contribution >= 0.6 is 0 Å². The molecule has 0 saturated carbocycles. The molecule has 30 heavy (non-hydrogen) atoms. The molecule has 0 amide bonds. The fraction of sp³-hybridized carbons (Fsp3) is 0.333. The first-order chi connectivity index (χ1) is 14.8. The largest absolute Gasteiger partial charge is 0.489 e. The molecule has 3 heteroatoms. The molecule has 1 saturated heterocycles. The number of rotatable bonds is 8. The van der Waals surface area contributed by atoms with E-state index < -0.39 is 0 Å². The Morgan fingerprint density at radius 1 is 0.800 bits per heavy atom. The van der Waals surface area contributed by atoms with Gasteiger partial charge in [0.25, 0.3) is 0 Å². The Bertz CT molecular complexity index is 872. The first-order valence-corrected chi connectivity index (χ1v) is 11.1. The van der Waals surface area contributed by atoms with Crippen LogP contribution in [0, 0.1) is 0 Å². The number of hydrogen-bond donors (Lipinski definition) is 0. The molecule has 0 unspecified atom stereocenters. The summed E-state index contributed by atoms with van der Waals surface area (Å²) in [7, 11) is 0. The molecule has 156 valence electrons. The molecule has 0 bridgehead atoms. The molecule has 3 nitrogen and oxygen atoms in total. The van der Waals surface area contributed by atoms with Gasteiger partial charge in [0.05, 0.1) is 0 Å². The molecule has 0 N–H and O–H groups in total. The molecule has 1 aliphatic heterocycles. The van der Waals surface area contributed by atoms with Crippen molar-refractivity contribution in [3.63, 3.8) is 0 Å². The van der Waals surface area contributed by atoms with Crippen LogP contribution in [0.3, 0.4) is 0 Å². The van der Waals surface area contributed by atoms with Gasteiger partial charge in [0.1, 0.15) is 12.4 Å². The van der Waals surface area contributed by atoms with Crippen molar-refractivity contribution in [1.29, 1.82) is 0 Å². The second-order valence-corrected chi connectivity index (χ2v) is 8.05. The molecule has 3 aromatic carbocycles. The topological polar surface area (TPSA) is 15.7 Å². The fourth-order valence-corrected chi connectivity index (χ4v) is 4.36. The van der Waals surface area contributed by atoms with Gasteiger partial charge in [-0.05, 0) is 55.2 Å². The van der Waals surface area contributed by atoms with Gasteiger partial charge in [-0.25, -0.2) is 0 Å². The van der Waals surface area contributed by atoms with Gasteiger partial charge in [-0.2, -0.15) is 0 Å². The average Bonchev–Trinajstić information content (AvgIpc) is 2.81. The Balaban J connectivity index is 1.30. The monoisotopic (exact) mass is 400 g/mol. The first-order valence-electron chi connectivity index (χ1n) is 11.1. The van der Waals surface area contributed by atoms with Crippen molar-refractivity contribution >= 4 is 5.69 Å². The van der Waals surface area contributed by atoms with E-state index in [0.717, 1.165) is 31.9 Å². The van der Waals surface area contributed by atoms with Gasteiger partial charge in [-0.15, -0.1) is 0 Å². The Labute approximate surface area is 180 Å². The highest BCUT2D eigenvalue weighted by Crippen LogP contribution is 2.26. The van der Waals surface area contributed by atoms with Gasteiger partial charge in [0.15, 0.2) is 0 Å². The summed E-state index contributed by atoms with van der Waals surface area (Å²) in [5.41, 5.74) is 3.90. The summed E-state index contributed by atoms with van der Waals surface area (Å²) in [6.07, 6.45) is 2.43. The molecule has 0 atom stereocenters. The minimum absolute atomic E-state index is 0.609. The smallest absolute Gasteiger partial charge is 0.119 e. The van der Waals surface area contributed by atoms with E-state index in [1.54, 1.807) is 0 Å². The van der Waals surface area contributed by atoms with E-state index in [1.165, 1.54) is 29.7 Å². The molecule has 1 fully saturated rings. The lowest BCUT2D eigenvalue weighted by Gasteiger charge is -2.39. The lowest BCUT2D eigenvalue weighted by atomic mass is 10.0. The van der Waals surface area contributed by atoms with Crippen LogP contribution in [0.25, 0.3) is 0 Å². The van der Waals surface area contributed by atoms with E-state index in [1.807, 2.05) is 18.2 Å². The predicted octanol–water partition coefficient (Wildman–Crippen LogP) is 5.76. The van der Waals surface area contributed by atoms with E-state index in [-0.39, 0.29) is 0 Å². The van der Waals surface area contributed by atoms with E-state index in [4.69, 9.17) is 4.74 Å². The highest BCUT2D eigenvalue weighted by Gasteiger charge is 2.24. The van der Waals surface area contributed by atoms with Crippen LogP contribution in [-0.4, -0.2) is 30.6 Å². The highest BCUT2D eigenvalue weighted by atomic mass is 16.5. The van der Waals surface area contributed by atoms with Crippen molar-refractivity contribution in [2.24, 2.45) is 0 Å². The maximum absolute atomic E-state index is 5.95. The number of piperidine rings is 1. The summed E-state index contributed by atoms with van der Waals surface area (Å²) in [5.74, 6) is 0.927. The van der Waals surface area contributed by atoms with Crippen LogP contribution in [0.2, 0.25) is 0 Å². The van der Waals surface area contributed by atoms with Gasteiger partial charge in [0.2, 0.25) is 0 Å². The predicted molar refractivity (Wildman–Crippen MR) is 125 cm³/mol. The minimum atomic E-state index is 0.609. The zero-order chi connectivity index (χ0) is 20.6. The quantitative estimate of drug-likeness (QED) is 0.478. The van der Waals surface area contributed by atoms with Gasteiger partial charge >= 0.3 is 0 Å². The number of benzene rings is 3. The SMILES string of the molecule is CCN(c1ccc(OCc2ccccc2)cc1)C1CCN(Cc2ccccc2)CC1. The molecule has 4 rings (SSSR count). The average molecular weight is 401 g/mol. The van der Waals surface area contributed by atoms with E-state index in [2.05, 4.69) is 83.5 Å². The fourth-order valence-electron chi connectivity index (χ4n) is 4.36. The van der Waals surface area contributed by atoms with Gasteiger partial charge < -0.3 is 9.64 Å². The van der Waals surface area contributed by atoms with Gasteiger partial charge in [-0.3, -0.25) is 4.90 Å². The maximum Gasteiger partial charge on any atom is 0.119 e. The van der Waals surface area contributed by atoms with Gasteiger partial charge in [-0.1, -0.05) is 60.7 Å². The molecule has 3 aromatic rings. The van der Waals surface area contributed by atoms with Crippen LogP contribution in [0.5, 0.6) is 5.75 Å². The molecule has 0 radical (unpaired) electrons. The van der Waals surface area contributed by atoms with E-state index >= 15 is 0 Å². The normalized spacial score (nSPS) is 15.1. The summed E-state index contributed by atoms with van der Waals surface area (Å²) in [6.45, 7) is 7.29. The third-order valence-electron chi connectivity index (χ3n) is 6.00. The Hall–Kier alpha value is -2.78.